The van der Waals surface area contributed by atoms with Crippen LogP contribution in [0.5, 0.6) is 5.75 Å². The summed E-state index contributed by atoms with van der Waals surface area (Å²) in [5.41, 5.74) is 4.61. The molecule has 136 valence electrons. The van der Waals surface area contributed by atoms with Gasteiger partial charge in [0.25, 0.3) is 0 Å². The number of rotatable bonds is 5. The molecule has 0 fully saturated rings. The minimum atomic E-state index is -0.110. The van der Waals surface area contributed by atoms with Gasteiger partial charge in [-0.3, -0.25) is 9.78 Å². The number of hydrogen-bond acceptors (Lipinski definition) is 3. The molecule has 3 heteroatoms. The molecule has 3 nitrogen and oxygen atoms in total. The number of aromatic nitrogens is 1. The molecular formula is C25H19NO2. The van der Waals surface area contributed by atoms with Crippen molar-refractivity contribution in [2.24, 2.45) is 0 Å². The Hall–Kier alpha value is -3.72. The Kier molecular flexibility index (Phi) is 4.98. The van der Waals surface area contributed by atoms with Crippen LogP contribution in [0.1, 0.15) is 16.1 Å². The highest BCUT2D eigenvalue weighted by molar-refractivity contribution is 6.16. The number of benzene rings is 3. The second-order valence-corrected chi connectivity index (χ2v) is 6.37. The second kappa shape index (κ2) is 7.89. The SMILES string of the molecule is COc1cc(-c2ccccc2)c(C(=O)c2ccccn2)c(-c2ccccc2)c1. The van der Waals surface area contributed by atoms with E-state index in [1.165, 1.54) is 0 Å². The summed E-state index contributed by atoms with van der Waals surface area (Å²) in [6, 6.07) is 29.0. The second-order valence-electron chi connectivity index (χ2n) is 6.37. The lowest BCUT2D eigenvalue weighted by Crippen LogP contribution is -2.08. The number of pyridine rings is 1. The maximum Gasteiger partial charge on any atom is 0.212 e. The van der Waals surface area contributed by atoms with Crippen molar-refractivity contribution < 1.29 is 9.53 Å². The highest BCUT2D eigenvalue weighted by Crippen LogP contribution is 2.37. The van der Waals surface area contributed by atoms with E-state index in [-0.39, 0.29) is 5.78 Å². The molecule has 0 aliphatic carbocycles. The largest absolute Gasteiger partial charge is 0.497 e. The van der Waals surface area contributed by atoms with Gasteiger partial charge < -0.3 is 4.74 Å². The summed E-state index contributed by atoms with van der Waals surface area (Å²) in [7, 11) is 1.64. The van der Waals surface area contributed by atoms with Crippen LogP contribution in [0.15, 0.2) is 97.2 Å². The number of ether oxygens (including phenoxy) is 1. The third kappa shape index (κ3) is 3.42. The third-order valence-electron chi connectivity index (χ3n) is 4.64. The van der Waals surface area contributed by atoms with E-state index in [1.54, 1.807) is 25.4 Å². The zero-order valence-corrected chi connectivity index (χ0v) is 15.5. The average molecular weight is 365 g/mol. The van der Waals surface area contributed by atoms with E-state index in [1.807, 2.05) is 78.9 Å². The van der Waals surface area contributed by atoms with E-state index in [0.29, 0.717) is 17.0 Å². The Balaban J connectivity index is 2.04. The summed E-state index contributed by atoms with van der Waals surface area (Å²) in [6.45, 7) is 0. The summed E-state index contributed by atoms with van der Waals surface area (Å²) in [6.07, 6.45) is 1.64. The Labute approximate surface area is 164 Å². The number of methoxy groups -OCH3 is 1. The highest BCUT2D eigenvalue weighted by Gasteiger charge is 2.22. The predicted molar refractivity (Wildman–Crippen MR) is 112 cm³/mol. The Morgan fingerprint density at radius 3 is 1.75 bits per heavy atom. The molecule has 0 radical (unpaired) electrons. The van der Waals surface area contributed by atoms with Crippen molar-refractivity contribution in [1.82, 2.24) is 4.98 Å². The molecule has 0 atom stereocenters. The fraction of sp³-hybridized carbons (Fsp3) is 0.0400. The molecule has 0 bridgehead atoms. The van der Waals surface area contributed by atoms with Gasteiger partial charge in [-0.05, 0) is 46.5 Å². The molecule has 4 aromatic rings. The van der Waals surface area contributed by atoms with Crippen LogP contribution < -0.4 is 4.74 Å². The normalized spacial score (nSPS) is 10.5. The fourth-order valence-corrected chi connectivity index (χ4v) is 3.29. The average Bonchev–Trinajstić information content (AvgIpc) is 2.79. The summed E-state index contributed by atoms with van der Waals surface area (Å²) < 4.78 is 5.55. The van der Waals surface area contributed by atoms with E-state index in [4.69, 9.17) is 4.74 Å². The minimum Gasteiger partial charge on any atom is -0.497 e. The lowest BCUT2D eigenvalue weighted by atomic mass is 9.88. The Morgan fingerprint density at radius 1 is 0.750 bits per heavy atom. The van der Waals surface area contributed by atoms with Gasteiger partial charge in [-0.1, -0.05) is 66.7 Å². The monoisotopic (exact) mass is 365 g/mol. The number of carbonyl (C=O) groups excluding carboxylic acids is 1. The van der Waals surface area contributed by atoms with E-state index < -0.39 is 0 Å². The van der Waals surface area contributed by atoms with Crippen LogP contribution in [-0.4, -0.2) is 17.9 Å². The number of hydrogen-bond donors (Lipinski definition) is 0. The van der Waals surface area contributed by atoms with Crippen molar-refractivity contribution in [1.29, 1.82) is 0 Å². The maximum atomic E-state index is 13.5. The molecule has 1 aromatic heterocycles. The molecule has 0 saturated heterocycles. The van der Waals surface area contributed by atoms with Gasteiger partial charge in [0.2, 0.25) is 5.78 Å². The van der Waals surface area contributed by atoms with Crippen LogP contribution in [0.2, 0.25) is 0 Å². The Bertz CT molecular complexity index is 1030. The van der Waals surface area contributed by atoms with E-state index >= 15 is 0 Å². The topological polar surface area (TPSA) is 39.2 Å². The highest BCUT2D eigenvalue weighted by atomic mass is 16.5. The van der Waals surface area contributed by atoms with Crippen molar-refractivity contribution in [3.8, 4) is 28.0 Å². The van der Waals surface area contributed by atoms with E-state index in [9.17, 15) is 4.79 Å². The van der Waals surface area contributed by atoms with Crippen LogP contribution in [-0.2, 0) is 0 Å². The standard InChI is InChI=1S/C25H19NO2/c1-28-20-16-21(18-10-4-2-5-11-18)24(25(27)23-14-8-9-15-26-23)22(17-20)19-12-6-3-7-13-19/h2-17H,1H3. The van der Waals surface area contributed by atoms with Crippen LogP contribution in [0.25, 0.3) is 22.3 Å². The van der Waals surface area contributed by atoms with Crippen molar-refractivity contribution in [3.63, 3.8) is 0 Å². The molecule has 0 amide bonds. The first kappa shape index (κ1) is 17.7. The molecule has 28 heavy (non-hydrogen) atoms. The van der Waals surface area contributed by atoms with Crippen molar-refractivity contribution in [2.45, 2.75) is 0 Å². The minimum absolute atomic E-state index is 0.110. The third-order valence-corrected chi connectivity index (χ3v) is 4.64. The molecule has 1 heterocycles. The molecule has 0 saturated carbocycles. The van der Waals surface area contributed by atoms with E-state index in [2.05, 4.69) is 4.98 Å². The van der Waals surface area contributed by atoms with Crippen molar-refractivity contribution in [2.75, 3.05) is 7.11 Å². The zero-order chi connectivity index (χ0) is 19.3. The molecular weight excluding hydrogens is 346 g/mol. The van der Waals surface area contributed by atoms with Gasteiger partial charge in [0.05, 0.1) is 7.11 Å². The molecule has 4 rings (SSSR count). The summed E-state index contributed by atoms with van der Waals surface area (Å²) >= 11 is 0. The smallest absolute Gasteiger partial charge is 0.212 e. The first-order valence-corrected chi connectivity index (χ1v) is 9.06. The van der Waals surface area contributed by atoms with Gasteiger partial charge in [-0.25, -0.2) is 0 Å². The molecule has 0 aliphatic rings. The summed E-state index contributed by atoms with van der Waals surface area (Å²) in [5.74, 6) is 0.594. The fourth-order valence-electron chi connectivity index (χ4n) is 3.29. The number of nitrogens with zero attached hydrogens (tertiary/aromatic N) is 1. The van der Waals surface area contributed by atoms with Crippen LogP contribution in [0, 0.1) is 0 Å². The first-order valence-electron chi connectivity index (χ1n) is 9.06. The van der Waals surface area contributed by atoms with Gasteiger partial charge >= 0.3 is 0 Å². The quantitative estimate of drug-likeness (QED) is 0.429. The first-order chi connectivity index (χ1) is 13.8. The van der Waals surface area contributed by atoms with Crippen LogP contribution >= 0.6 is 0 Å². The molecule has 0 N–H and O–H groups in total. The van der Waals surface area contributed by atoms with Gasteiger partial charge in [0.1, 0.15) is 11.4 Å². The summed E-state index contributed by atoms with van der Waals surface area (Å²) in [4.78, 5) is 17.8. The number of carbonyl (C=O) groups is 1. The zero-order valence-electron chi connectivity index (χ0n) is 15.5. The van der Waals surface area contributed by atoms with Gasteiger partial charge in [0.15, 0.2) is 0 Å². The molecule has 0 unspecified atom stereocenters. The number of ketones is 1. The van der Waals surface area contributed by atoms with Crippen LogP contribution in [0.3, 0.4) is 0 Å². The van der Waals surface area contributed by atoms with Crippen LogP contribution in [0.4, 0.5) is 0 Å². The maximum absolute atomic E-state index is 13.5. The lowest BCUT2D eigenvalue weighted by Gasteiger charge is -2.17. The Morgan fingerprint density at radius 2 is 1.29 bits per heavy atom. The van der Waals surface area contributed by atoms with Crippen molar-refractivity contribution >= 4 is 5.78 Å². The summed E-state index contributed by atoms with van der Waals surface area (Å²) in [5, 5.41) is 0. The lowest BCUT2D eigenvalue weighted by molar-refractivity contribution is 0.103. The molecule has 3 aromatic carbocycles. The van der Waals surface area contributed by atoms with Gasteiger partial charge in [-0.2, -0.15) is 0 Å². The molecule has 0 aliphatic heterocycles. The van der Waals surface area contributed by atoms with Crippen molar-refractivity contribution in [3.05, 3.63) is 108 Å². The van der Waals surface area contributed by atoms with Gasteiger partial charge in [0, 0.05) is 11.8 Å². The molecule has 0 spiro atoms. The predicted octanol–water partition coefficient (Wildman–Crippen LogP) is 5.66. The van der Waals surface area contributed by atoms with Gasteiger partial charge in [-0.15, -0.1) is 0 Å². The van der Waals surface area contributed by atoms with E-state index in [0.717, 1.165) is 22.3 Å².